The van der Waals surface area contributed by atoms with Gasteiger partial charge in [-0.25, -0.2) is 0 Å². The monoisotopic (exact) mass is 178 g/mol. The van der Waals surface area contributed by atoms with Crippen LogP contribution in [0.4, 0.5) is 0 Å². The molecule has 0 bridgehead atoms. The summed E-state index contributed by atoms with van der Waals surface area (Å²) in [5.41, 5.74) is 1.21. The first-order valence-electron chi connectivity index (χ1n) is 4.70. The summed E-state index contributed by atoms with van der Waals surface area (Å²) in [4.78, 5) is 0. The van der Waals surface area contributed by atoms with E-state index in [2.05, 4.69) is 19.1 Å². The van der Waals surface area contributed by atoms with Gasteiger partial charge in [-0.3, -0.25) is 0 Å². The van der Waals surface area contributed by atoms with Crippen LogP contribution in [-0.4, -0.2) is 12.9 Å². The zero-order valence-electron chi connectivity index (χ0n) is 7.77. The highest BCUT2D eigenvalue weighted by atomic mass is 16.7. The third-order valence-corrected chi connectivity index (χ3v) is 2.40. The van der Waals surface area contributed by atoms with Gasteiger partial charge in [-0.15, -0.1) is 0 Å². The quantitative estimate of drug-likeness (QED) is 0.692. The van der Waals surface area contributed by atoms with E-state index in [0.29, 0.717) is 6.79 Å². The molecule has 0 amide bonds. The molecule has 1 aromatic rings. The molecular weight excluding hydrogens is 164 g/mol. The van der Waals surface area contributed by atoms with Crippen LogP contribution in [0.5, 0.6) is 0 Å². The number of benzene rings is 1. The molecule has 0 spiro atoms. The van der Waals surface area contributed by atoms with Crippen molar-refractivity contribution in [1.82, 2.24) is 0 Å². The Kier molecular flexibility index (Phi) is 2.62. The molecule has 13 heavy (non-hydrogen) atoms. The maximum atomic E-state index is 5.52. The van der Waals surface area contributed by atoms with Crippen molar-refractivity contribution in [3.63, 3.8) is 0 Å². The molecule has 0 aliphatic carbocycles. The van der Waals surface area contributed by atoms with Crippen LogP contribution in [0.25, 0.3) is 0 Å². The zero-order chi connectivity index (χ0) is 9.10. The van der Waals surface area contributed by atoms with Crippen LogP contribution in [-0.2, 0) is 9.47 Å². The van der Waals surface area contributed by atoms with Crippen LogP contribution >= 0.6 is 0 Å². The summed E-state index contributed by atoms with van der Waals surface area (Å²) in [5.74, 6) is 0. The molecule has 2 unspecified atom stereocenters. The Morgan fingerprint density at radius 2 is 2.00 bits per heavy atom. The lowest BCUT2D eigenvalue weighted by Crippen LogP contribution is -2.13. The molecule has 0 radical (unpaired) electrons. The van der Waals surface area contributed by atoms with E-state index >= 15 is 0 Å². The van der Waals surface area contributed by atoms with Gasteiger partial charge in [-0.1, -0.05) is 37.3 Å². The lowest BCUT2D eigenvalue weighted by atomic mass is 10.0. The minimum absolute atomic E-state index is 0.131. The first-order chi connectivity index (χ1) is 6.42. The van der Waals surface area contributed by atoms with Gasteiger partial charge in [0.15, 0.2) is 0 Å². The fourth-order valence-electron chi connectivity index (χ4n) is 1.68. The Morgan fingerprint density at radius 1 is 1.23 bits per heavy atom. The van der Waals surface area contributed by atoms with Gasteiger partial charge >= 0.3 is 0 Å². The summed E-state index contributed by atoms with van der Waals surface area (Å²) in [6, 6.07) is 10.2. The summed E-state index contributed by atoms with van der Waals surface area (Å²) in [6.45, 7) is 2.55. The summed E-state index contributed by atoms with van der Waals surface area (Å²) >= 11 is 0. The molecule has 1 fully saturated rings. The third kappa shape index (κ3) is 1.74. The van der Waals surface area contributed by atoms with Gasteiger partial charge in [0, 0.05) is 0 Å². The average Bonchev–Trinajstić information content (AvgIpc) is 2.67. The van der Waals surface area contributed by atoms with Crippen LogP contribution in [0.3, 0.4) is 0 Å². The molecule has 1 saturated heterocycles. The molecule has 0 aromatic heterocycles. The van der Waals surface area contributed by atoms with Gasteiger partial charge in [0.2, 0.25) is 0 Å². The minimum Gasteiger partial charge on any atom is -0.349 e. The second kappa shape index (κ2) is 3.90. The fraction of sp³-hybridized carbons (Fsp3) is 0.455. The van der Waals surface area contributed by atoms with E-state index in [1.165, 1.54) is 5.56 Å². The minimum atomic E-state index is 0.131. The number of hydrogen-bond donors (Lipinski definition) is 0. The van der Waals surface area contributed by atoms with Gasteiger partial charge in [0.1, 0.15) is 12.9 Å². The number of rotatable bonds is 2. The average molecular weight is 178 g/mol. The van der Waals surface area contributed by atoms with Crippen molar-refractivity contribution in [3.8, 4) is 0 Å². The molecule has 2 rings (SSSR count). The predicted octanol–water partition coefficient (Wildman–Crippen LogP) is 2.51. The zero-order valence-corrected chi connectivity index (χ0v) is 7.77. The fourth-order valence-corrected chi connectivity index (χ4v) is 1.68. The normalized spacial score (nSPS) is 27.8. The standard InChI is InChI=1S/C11H14O2/c1-2-10-11(13-8-12-10)9-6-4-3-5-7-9/h3-7,10-11H,2,8H2,1H3. The molecular formula is C11H14O2. The van der Waals surface area contributed by atoms with Crippen molar-refractivity contribution in [1.29, 1.82) is 0 Å². The molecule has 2 atom stereocenters. The summed E-state index contributed by atoms with van der Waals surface area (Å²) in [6.07, 6.45) is 1.35. The highest BCUT2D eigenvalue weighted by Gasteiger charge is 2.28. The Balaban J connectivity index is 2.16. The second-order valence-electron chi connectivity index (χ2n) is 3.23. The van der Waals surface area contributed by atoms with Crippen molar-refractivity contribution < 1.29 is 9.47 Å². The second-order valence-corrected chi connectivity index (χ2v) is 3.23. The Bertz CT molecular complexity index is 258. The van der Waals surface area contributed by atoms with Gasteiger partial charge in [0.05, 0.1) is 6.10 Å². The van der Waals surface area contributed by atoms with Crippen molar-refractivity contribution in [2.45, 2.75) is 25.6 Å². The first kappa shape index (κ1) is 8.73. The van der Waals surface area contributed by atoms with Crippen LogP contribution < -0.4 is 0 Å². The first-order valence-corrected chi connectivity index (χ1v) is 4.70. The van der Waals surface area contributed by atoms with E-state index in [1.807, 2.05) is 18.2 Å². The molecule has 1 heterocycles. The van der Waals surface area contributed by atoms with Gasteiger partial charge < -0.3 is 9.47 Å². The van der Waals surface area contributed by atoms with Gasteiger partial charge in [-0.05, 0) is 12.0 Å². The maximum Gasteiger partial charge on any atom is 0.148 e. The highest BCUT2D eigenvalue weighted by molar-refractivity contribution is 5.19. The topological polar surface area (TPSA) is 18.5 Å². The van der Waals surface area contributed by atoms with Gasteiger partial charge in [-0.2, -0.15) is 0 Å². The summed E-state index contributed by atoms with van der Waals surface area (Å²) < 4.78 is 11.0. The summed E-state index contributed by atoms with van der Waals surface area (Å²) in [7, 11) is 0. The molecule has 0 N–H and O–H groups in total. The molecule has 1 aliphatic rings. The van der Waals surface area contributed by atoms with Crippen molar-refractivity contribution in [2.75, 3.05) is 6.79 Å². The number of ether oxygens (including phenoxy) is 2. The lowest BCUT2D eigenvalue weighted by Gasteiger charge is -2.14. The Morgan fingerprint density at radius 3 is 2.69 bits per heavy atom. The van der Waals surface area contributed by atoms with Crippen LogP contribution in [0.2, 0.25) is 0 Å². The van der Waals surface area contributed by atoms with E-state index in [0.717, 1.165) is 6.42 Å². The van der Waals surface area contributed by atoms with Crippen molar-refractivity contribution in [2.24, 2.45) is 0 Å². The molecule has 0 saturated carbocycles. The Labute approximate surface area is 78.5 Å². The van der Waals surface area contributed by atoms with E-state index in [9.17, 15) is 0 Å². The highest BCUT2D eigenvalue weighted by Crippen LogP contribution is 2.30. The van der Waals surface area contributed by atoms with Crippen LogP contribution in [0.15, 0.2) is 30.3 Å². The van der Waals surface area contributed by atoms with Gasteiger partial charge in [0.25, 0.3) is 0 Å². The van der Waals surface area contributed by atoms with Crippen LogP contribution in [0.1, 0.15) is 25.0 Å². The van der Waals surface area contributed by atoms with Crippen molar-refractivity contribution >= 4 is 0 Å². The number of hydrogen-bond acceptors (Lipinski definition) is 2. The smallest absolute Gasteiger partial charge is 0.148 e. The maximum absolute atomic E-state index is 5.52. The SMILES string of the molecule is CCC1OCOC1c1ccccc1. The lowest BCUT2D eigenvalue weighted by molar-refractivity contribution is 0.0380. The van der Waals surface area contributed by atoms with E-state index in [4.69, 9.17) is 9.47 Å². The molecule has 1 aliphatic heterocycles. The predicted molar refractivity (Wildman–Crippen MR) is 50.3 cm³/mol. The van der Waals surface area contributed by atoms with Crippen LogP contribution in [0, 0.1) is 0 Å². The molecule has 1 aromatic carbocycles. The van der Waals surface area contributed by atoms with E-state index < -0.39 is 0 Å². The largest absolute Gasteiger partial charge is 0.349 e. The van der Waals surface area contributed by atoms with E-state index in [-0.39, 0.29) is 12.2 Å². The summed E-state index contributed by atoms with van der Waals surface area (Å²) in [5, 5.41) is 0. The molecule has 2 heteroatoms. The molecule has 2 nitrogen and oxygen atoms in total. The molecule has 70 valence electrons. The Hall–Kier alpha value is -0.860. The van der Waals surface area contributed by atoms with E-state index in [1.54, 1.807) is 0 Å². The third-order valence-electron chi connectivity index (χ3n) is 2.40. The van der Waals surface area contributed by atoms with Crippen molar-refractivity contribution in [3.05, 3.63) is 35.9 Å².